The predicted octanol–water partition coefficient (Wildman–Crippen LogP) is 3.28. The quantitative estimate of drug-likeness (QED) is 0.888. The van der Waals surface area contributed by atoms with Gasteiger partial charge in [0.2, 0.25) is 5.91 Å². The van der Waals surface area contributed by atoms with Crippen LogP contribution in [0.2, 0.25) is 0 Å². The molecule has 4 heteroatoms. The molecule has 0 spiro atoms. The number of carbonyl (C=O) groups is 1. The largest absolute Gasteiger partial charge is 0.350 e. The number of nitrogens with one attached hydrogen (secondary N) is 2. The number of rotatable bonds is 3. The third-order valence-electron chi connectivity index (χ3n) is 5.68. The van der Waals surface area contributed by atoms with Gasteiger partial charge in [0.15, 0.2) is 0 Å². The number of amides is 1. The summed E-state index contributed by atoms with van der Waals surface area (Å²) in [5.74, 6) is 1.35. The van der Waals surface area contributed by atoms with Gasteiger partial charge in [0.1, 0.15) is 6.04 Å². The molecule has 3 unspecified atom stereocenters. The first kappa shape index (κ1) is 16.6. The Hall–Kier alpha value is -1.81. The monoisotopic (exact) mass is 339 g/mol. The van der Waals surface area contributed by atoms with Crippen LogP contribution >= 0.6 is 0 Å². The molecule has 4 nitrogen and oxygen atoms in total. The van der Waals surface area contributed by atoms with Gasteiger partial charge in [-0.15, -0.1) is 0 Å². The smallest absolute Gasteiger partial charge is 0.243 e. The van der Waals surface area contributed by atoms with Gasteiger partial charge in [0, 0.05) is 23.7 Å². The van der Waals surface area contributed by atoms with Gasteiger partial charge in [-0.3, -0.25) is 4.79 Å². The summed E-state index contributed by atoms with van der Waals surface area (Å²) in [6.45, 7) is 9.00. The second kappa shape index (κ2) is 5.87. The fraction of sp³-hybridized carbons (Fsp3) is 0.571. The predicted molar refractivity (Wildman–Crippen MR) is 99.4 cm³/mol. The van der Waals surface area contributed by atoms with Crippen molar-refractivity contribution >= 4 is 5.91 Å². The average molecular weight is 339 g/mol. The molecule has 3 aliphatic rings. The summed E-state index contributed by atoms with van der Waals surface area (Å²) >= 11 is 0. The first-order valence-corrected chi connectivity index (χ1v) is 9.46. The van der Waals surface area contributed by atoms with E-state index in [1.807, 2.05) is 20.8 Å². The van der Waals surface area contributed by atoms with E-state index in [1.54, 1.807) is 0 Å². The van der Waals surface area contributed by atoms with E-state index in [0.717, 1.165) is 6.54 Å². The highest BCUT2D eigenvalue weighted by atomic mass is 16.2. The number of hydrazine groups is 1. The van der Waals surface area contributed by atoms with E-state index in [4.69, 9.17) is 0 Å². The molecule has 2 bridgehead atoms. The molecule has 1 aromatic carbocycles. The van der Waals surface area contributed by atoms with Crippen molar-refractivity contribution in [2.24, 2.45) is 11.8 Å². The molecular formula is C21H29N3O. The number of aryl methyl sites for hydroxylation is 1. The van der Waals surface area contributed by atoms with Crippen molar-refractivity contribution in [2.75, 3.05) is 0 Å². The topological polar surface area (TPSA) is 44.4 Å². The van der Waals surface area contributed by atoms with Crippen LogP contribution < -0.4 is 10.7 Å². The van der Waals surface area contributed by atoms with Crippen molar-refractivity contribution in [3.05, 3.63) is 46.7 Å². The van der Waals surface area contributed by atoms with Crippen LogP contribution in [-0.4, -0.2) is 22.5 Å². The molecule has 3 atom stereocenters. The lowest BCUT2D eigenvalue weighted by Gasteiger charge is -2.31. The molecule has 1 aromatic rings. The Labute approximate surface area is 150 Å². The molecule has 0 radical (unpaired) electrons. The van der Waals surface area contributed by atoms with E-state index in [0.29, 0.717) is 11.8 Å². The maximum atomic E-state index is 13.1. The average Bonchev–Trinajstić information content (AvgIpc) is 3.19. The molecule has 1 heterocycles. The summed E-state index contributed by atoms with van der Waals surface area (Å²) in [4.78, 5) is 13.1. The molecule has 134 valence electrons. The van der Waals surface area contributed by atoms with Crippen molar-refractivity contribution in [2.45, 2.75) is 65.1 Å². The molecule has 2 N–H and O–H groups in total. The van der Waals surface area contributed by atoms with Crippen LogP contribution in [0.1, 0.15) is 51.2 Å². The summed E-state index contributed by atoms with van der Waals surface area (Å²) in [5, 5.41) is 5.36. The molecule has 4 rings (SSSR count). The van der Waals surface area contributed by atoms with Crippen LogP contribution in [0.15, 0.2) is 35.5 Å². The number of hydrogen-bond donors (Lipinski definition) is 2. The van der Waals surface area contributed by atoms with Crippen molar-refractivity contribution in [3.8, 4) is 0 Å². The van der Waals surface area contributed by atoms with Crippen LogP contribution in [0.3, 0.4) is 0 Å². The molecular weight excluding hydrogens is 310 g/mol. The lowest BCUT2D eigenvalue weighted by atomic mass is 9.90. The van der Waals surface area contributed by atoms with Gasteiger partial charge < -0.3 is 10.7 Å². The minimum atomic E-state index is -0.215. The summed E-state index contributed by atoms with van der Waals surface area (Å²) in [6, 6.07) is 8.42. The molecule has 0 saturated heterocycles. The number of benzene rings is 1. The van der Waals surface area contributed by atoms with E-state index >= 15 is 0 Å². The normalized spacial score (nSPS) is 28.2. The highest BCUT2D eigenvalue weighted by molar-refractivity contribution is 5.86. The zero-order chi connectivity index (χ0) is 17.8. The van der Waals surface area contributed by atoms with Crippen LogP contribution in [0.4, 0.5) is 0 Å². The van der Waals surface area contributed by atoms with E-state index < -0.39 is 0 Å². The maximum absolute atomic E-state index is 13.1. The molecule has 1 aliphatic heterocycles. The maximum Gasteiger partial charge on any atom is 0.243 e. The van der Waals surface area contributed by atoms with Crippen molar-refractivity contribution in [3.63, 3.8) is 0 Å². The fourth-order valence-corrected chi connectivity index (χ4v) is 4.64. The summed E-state index contributed by atoms with van der Waals surface area (Å²) < 4.78 is 0. The minimum absolute atomic E-state index is 0.129. The number of allylic oxidation sites excluding steroid dienone is 1. The SMILES string of the molecule is Cc1ccc(CN2NC3=C(C4CCC3C4)C2C(=O)NC(C)(C)C)cc1. The van der Waals surface area contributed by atoms with Crippen molar-refractivity contribution in [1.82, 2.24) is 15.8 Å². The summed E-state index contributed by atoms with van der Waals surface area (Å²) in [5.41, 5.74) is 8.61. The molecule has 0 aromatic heterocycles. The number of fused-ring (bicyclic) bond motifs is 4. The van der Waals surface area contributed by atoms with E-state index in [9.17, 15) is 4.79 Å². The first-order chi connectivity index (χ1) is 11.8. The Morgan fingerprint density at radius 1 is 1.20 bits per heavy atom. The number of carbonyl (C=O) groups excluding carboxylic acids is 1. The number of hydrogen-bond acceptors (Lipinski definition) is 3. The lowest BCUT2D eigenvalue weighted by molar-refractivity contribution is -0.127. The highest BCUT2D eigenvalue weighted by Gasteiger charge is 2.50. The van der Waals surface area contributed by atoms with Gasteiger partial charge in [0.25, 0.3) is 0 Å². The Balaban J connectivity index is 1.60. The highest BCUT2D eigenvalue weighted by Crippen LogP contribution is 2.52. The molecule has 1 saturated carbocycles. The van der Waals surface area contributed by atoms with Gasteiger partial charge in [-0.05, 0) is 64.0 Å². The number of nitrogens with zero attached hydrogens (tertiary/aromatic N) is 1. The second-order valence-corrected chi connectivity index (χ2v) is 8.94. The van der Waals surface area contributed by atoms with E-state index in [2.05, 4.69) is 46.9 Å². The van der Waals surface area contributed by atoms with Gasteiger partial charge in [-0.1, -0.05) is 29.8 Å². The third kappa shape index (κ3) is 3.08. The van der Waals surface area contributed by atoms with Crippen LogP contribution in [0.5, 0.6) is 0 Å². The van der Waals surface area contributed by atoms with Gasteiger partial charge in [-0.25, -0.2) is 5.01 Å². The summed E-state index contributed by atoms with van der Waals surface area (Å²) in [7, 11) is 0. The zero-order valence-corrected chi connectivity index (χ0v) is 15.7. The van der Waals surface area contributed by atoms with Crippen LogP contribution in [0.25, 0.3) is 0 Å². The zero-order valence-electron chi connectivity index (χ0n) is 15.7. The van der Waals surface area contributed by atoms with Gasteiger partial charge in [-0.2, -0.15) is 0 Å². The van der Waals surface area contributed by atoms with Crippen LogP contribution in [0, 0.1) is 18.8 Å². The van der Waals surface area contributed by atoms with E-state index in [-0.39, 0.29) is 17.5 Å². The Morgan fingerprint density at radius 3 is 2.56 bits per heavy atom. The van der Waals surface area contributed by atoms with Gasteiger partial charge in [0.05, 0.1) is 0 Å². The van der Waals surface area contributed by atoms with Crippen molar-refractivity contribution < 1.29 is 4.79 Å². The Kier molecular flexibility index (Phi) is 3.91. The van der Waals surface area contributed by atoms with E-state index in [1.165, 1.54) is 41.7 Å². The second-order valence-electron chi connectivity index (χ2n) is 8.94. The Bertz CT molecular complexity index is 714. The molecule has 25 heavy (non-hydrogen) atoms. The standard InChI is InChI=1S/C21H29N3O/c1-13-5-7-14(8-6-13)12-24-19(20(25)22-21(2,3)4)17-15-9-10-16(11-15)18(17)23-24/h5-8,15-16,19,23H,9-12H2,1-4H3,(H,22,25). The lowest BCUT2D eigenvalue weighted by Crippen LogP contribution is -2.53. The summed E-state index contributed by atoms with van der Waals surface area (Å²) in [6.07, 6.45) is 3.74. The third-order valence-corrected chi connectivity index (χ3v) is 5.68. The molecule has 1 amide bonds. The minimum Gasteiger partial charge on any atom is -0.350 e. The fourth-order valence-electron chi connectivity index (χ4n) is 4.64. The molecule has 2 aliphatic carbocycles. The first-order valence-electron chi connectivity index (χ1n) is 9.46. The van der Waals surface area contributed by atoms with Crippen molar-refractivity contribution in [1.29, 1.82) is 0 Å². The Morgan fingerprint density at radius 2 is 1.88 bits per heavy atom. The van der Waals surface area contributed by atoms with Gasteiger partial charge >= 0.3 is 0 Å². The molecule has 1 fully saturated rings. The van der Waals surface area contributed by atoms with Crippen LogP contribution in [-0.2, 0) is 11.3 Å².